The Hall–Kier alpha value is -2.03. The first-order valence-electron chi connectivity index (χ1n) is 5.67. The number of aromatic amines is 1. The molecule has 102 valence electrons. The van der Waals surface area contributed by atoms with E-state index in [9.17, 15) is 20.3 Å². The zero-order valence-electron chi connectivity index (χ0n) is 10.2. The summed E-state index contributed by atoms with van der Waals surface area (Å²) in [6, 6.07) is 4.15. The number of nitro groups is 1. The van der Waals surface area contributed by atoms with Crippen LogP contribution < -0.4 is 5.32 Å². The van der Waals surface area contributed by atoms with Gasteiger partial charge in [-0.1, -0.05) is 0 Å². The molecule has 0 spiro atoms. The van der Waals surface area contributed by atoms with Gasteiger partial charge in [-0.2, -0.15) is 5.10 Å². The van der Waals surface area contributed by atoms with Gasteiger partial charge in [-0.25, -0.2) is 0 Å². The van der Waals surface area contributed by atoms with Crippen LogP contribution >= 0.6 is 0 Å². The van der Waals surface area contributed by atoms with Crippen molar-refractivity contribution in [2.75, 3.05) is 13.6 Å². The zero-order chi connectivity index (χ0) is 14.0. The van der Waals surface area contributed by atoms with Crippen molar-refractivity contribution in [1.82, 2.24) is 15.5 Å². The first kappa shape index (κ1) is 13.4. The number of hydrogen-bond acceptors (Lipinski definition) is 6. The quantitative estimate of drug-likeness (QED) is 0.449. The lowest BCUT2D eigenvalue weighted by atomic mass is 10.1. The summed E-state index contributed by atoms with van der Waals surface area (Å²) in [4.78, 5) is 10.1. The summed E-state index contributed by atoms with van der Waals surface area (Å²) in [6.45, 7) is 0.217. The molecule has 8 nitrogen and oxygen atoms in total. The van der Waals surface area contributed by atoms with Crippen LogP contribution in [0.15, 0.2) is 18.2 Å². The fraction of sp³-hybridized carbons (Fsp3) is 0.364. The molecule has 2 rings (SSSR count). The number of nitro benzene ring substituents is 1. The number of benzene rings is 1. The third-order valence-electron chi connectivity index (χ3n) is 2.85. The van der Waals surface area contributed by atoms with Crippen LogP contribution in [0.2, 0.25) is 0 Å². The second-order valence-electron chi connectivity index (χ2n) is 4.17. The smallest absolute Gasteiger partial charge is 0.271 e. The molecule has 0 saturated heterocycles. The monoisotopic (exact) mass is 266 g/mol. The minimum absolute atomic E-state index is 0.0733. The van der Waals surface area contributed by atoms with Crippen molar-refractivity contribution in [3.8, 4) is 0 Å². The van der Waals surface area contributed by atoms with Gasteiger partial charge in [0.2, 0.25) is 0 Å². The van der Waals surface area contributed by atoms with Crippen LogP contribution in [0.3, 0.4) is 0 Å². The van der Waals surface area contributed by atoms with Crippen LogP contribution in [-0.4, -0.2) is 45.0 Å². The molecule has 0 aliphatic heterocycles. The van der Waals surface area contributed by atoms with E-state index in [0.29, 0.717) is 16.6 Å². The molecule has 1 aromatic carbocycles. The molecule has 19 heavy (non-hydrogen) atoms. The van der Waals surface area contributed by atoms with E-state index in [-0.39, 0.29) is 12.2 Å². The highest BCUT2D eigenvalue weighted by Crippen LogP contribution is 2.26. The van der Waals surface area contributed by atoms with E-state index in [4.69, 9.17) is 0 Å². The lowest BCUT2D eigenvalue weighted by molar-refractivity contribution is -0.384. The Morgan fingerprint density at radius 3 is 2.89 bits per heavy atom. The molecular weight excluding hydrogens is 252 g/mol. The molecule has 0 saturated carbocycles. The molecule has 2 aromatic rings. The van der Waals surface area contributed by atoms with Crippen LogP contribution in [0.1, 0.15) is 11.8 Å². The second-order valence-corrected chi connectivity index (χ2v) is 4.17. The van der Waals surface area contributed by atoms with Gasteiger partial charge in [0.25, 0.3) is 5.69 Å². The molecule has 0 fully saturated rings. The highest BCUT2D eigenvalue weighted by atomic mass is 16.6. The summed E-state index contributed by atoms with van der Waals surface area (Å²) < 4.78 is 0. The van der Waals surface area contributed by atoms with Crippen molar-refractivity contribution < 1.29 is 15.1 Å². The van der Waals surface area contributed by atoms with E-state index in [1.807, 2.05) is 0 Å². The lowest BCUT2D eigenvalue weighted by Gasteiger charge is -2.16. The van der Waals surface area contributed by atoms with Gasteiger partial charge < -0.3 is 15.5 Å². The molecule has 0 amide bonds. The van der Waals surface area contributed by atoms with Gasteiger partial charge in [0.15, 0.2) is 0 Å². The number of aromatic nitrogens is 2. The van der Waals surface area contributed by atoms with Crippen molar-refractivity contribution in [2.45, 2.75) is 12.2 Å². The molecule has 0 bridgehead atoms. The Bertz CT molecular complexity index is 597. The van der Waals surface area contributed by atoms with E-state index < -0.39 is 17.1 Å². The van der Waals surface area contributed by atoms with E-state index in [1.165, 1.54) is 18.2 Å². The second kappa shape index (κ2) is 5.31. The van der Waals surface area contributed by atoms with Gasteiger partial charge >= 0.3 is 0 Å². The Kier molecular flexibility index (Phi) is 3.74. The fourth-order valence-corrected chi connectivity index (χ4v) is 1.87. The highest BCUT2D eigenvalue weighted by Gasteiger charge is 2.22. The minimum atomic E-state index is -1.14. The number of hydrogen-bond donors (Lipinski definition) is 4. The van der Waals surface area contributed by atoms with Gasteiger partial charge in [-0.15, -0.1) is 0 Å². The molecule has 4 N–H and O–H groups in total. The number of likely N-dealkylation sites (N-methyl/N-ethyl adjacent to an activating group) is 1. The van der Waals surface area contributed by atoms with Crippen molar-refractivity contribution >= 4 is 16.6 Å². The molecule has 2 unspecified atom stereocenters. The topological polar surface area (TPSA) is 124 Å². The maximum atomic E-state index is 10.6. The Morgan fingerprint density at radius 2 is 2.26 bits per heavy atom. The summed E-state index contributed by atoms with van der Waals surface area (Å²) in [7, 11) is 1.66. The number of aliphatic hydroxyl groups excluding tert-OH is 2. The summed E-state index contributed by atoms with van der Waals surface area (Å²) in [5, 5.41) is 40.2. The number of H-pyrrole nitrogens is 1. The van der Waals surface area contributed by atoms with Crippen molar-refractivity contribution in [2.24, 2.45) is 0 Å². The zero-order valence-corrected chi connectivity index (χ0v) is 10.2. The summed E-state index contributed by atoms with van der Waals surface area (Å²) in [6.07, 6.45) is -2.14. The molecule has 0 aliphatic rings. The normalized spacial score (nSPS) is 14.5. The highest BCUT2D eigenvalue weighted by molar-refractivity contribution is 5.83. The van der Waals surface area contributed by atoms with Crippen LogP contribution in [0.4, 0.5) is 5.69 Å². The molecule has 8 heteroatoms. The Labute approximate surface area is 108 Å². The van der Waals surface area contributed by atoms with E-state index >= 15 is 0 Å². The average molecular weight is 266 g/mol. The molecule has 1 heterocycles. The fourth-order valence-electron chi connectivity index (χ4n) is 1.87. The summed E-state index contributed by atoms with van der Waals surface area (Å²) in [5.41, 5.74) is 0.642. The molecule has 0 radical (unpaired) electrons. The van der Waals surface area contributed by atoms with Crippen molar-refractivity contribution in [3.05, 3.63) is 34.0 Å². The van der Waals surface area contributed by atoms with E-state index in [0.717, 1.165) is 0 Å². The number of rotatable bonds is 5. The number of non-ortho nitro benzene ring substituents is 1. The van der Waals surface area contributed by atoms with Crippen LogP contribution in [-0.2, 0) is 0 Å². The van der Waals surface area contributed by atoms with Crippen molar-refractivity contribution in [3.63, 3.8) is 0 Å². The average Bonchev–Trinajstić information content (AvgIpc) is 2.80. The minimum Gasteiger partial charge on any atom is -0.389 e. The third-order valence-corrected chi connectivity index (χ3v) is 2.85. The first-order chi connectivity index (χ1) is 9.04. The predicted octanol–water partition coefficient (Wildman–Crippen LogP) is 0.0848. The maximum absolute atomic E-state index is 10.6. The summed E-state index contributed by atoms with van der Waals surface area (Å²) in [5.74, 6) is 0. The van der Waals surface area contributed by atoms with Gasteiger partial charge in [0.1, 0.15) is 6.10 Å². The van der Waals surface area contributed by atoms with Crippen LogP contribution in [0.5, 0.6) is 0 Å². The van der Waals surface area contributed by atoms with Gasteiger partial charge in [-0.05, 0) is 13.1 Å². The summed E-state index contributed by atoms with van der Waals surface area (Å²) >= 11 is 0. The van der Waals surface area contributed by atoms with E-state index in [1.54, 1.807) is 7.05 Å². The SMILES string of the molecule is CNCC(O)C(O)c1[nH]nc2cc([N+](=O)[O-])ccc12. The Morgan fingerprint density at radius 1 is 1.53 bits per heavy atom. The van der Waals surface area contributed by atoms with Crippen LogP contribution in [0, 0.1) is 10.1 Å². The van der Waals surface area contributed by atoms with Gasteiger partial charge in [-0.3, -0.25) is 15.2 Å². The van der Waals surface area contributed by atoms with Gasteiger partial charge in [0, 0.05) is 24.1 Å². The Balaban J connectivity index is 2.38. The lowest BCUT2D eigenvalue weighted by Crippen LogP contribution is -2.29. The van der Waals surface area contributed by atoms with Crippen molar-refractivity contribution in [1.29, 1.82) is 0 Å². The molecule has 2 atom stereocenters. The standard InChI is InChI=1S/C11H14N4O4/c1-12-5-9(16)11(17)10-7-3-2-6(15(18)19)4-8(7)13-14-10/h2-4,9,11-12,16-17H,5H2,1H3,(H,13,14). The molecular formula is C11H14N4O4. The molecule has 0 aliphatic carbocycles. The number of aliphatic hydroxyl groups is 2. The molecule has 1 aromatic heterocycles. The predicted molar refractivity (Wildman–Crippen MR) is 67.6 cm³/mol. The number of fused-ring (bicyclic) bond motifs is 1. The maximum Gasteiger partial charge on any atom is 0.271 e. The number of nitrogens with one attached hydrogen (secondary N) is 2. The number of nitrogens with zero attached hydrogens (tertiary/aromatic N) is 2. The first-order valence-corrected chi connectivity index (χ1v) is 5.67. The van der Waals surface area contributed by atoms with Gasteiger partial charge in [0.05, 0.1) is 22.2 Å². The van der Waals surface area contributed by atoms with Crippen LogP contribution in [0.25, 0.3) is 10.9 Å². The third kappa shape index (κ3) is 2.55. The van der Waals surface area contributed by atoms with E-state index in [2.05, 4.69) is 15.5 Å². The largest absolute Gasteiger partial charge is 0.389 e.